The zero-order chi connectivity index (χ0) is 24.1. The number of anilines is 1. The smallest absolute Gasteiger partial charge is 0.230 e. The first-order chi connectivity index (χ1) is 16.5. The van der Waals surface area contributed by atoms with Gasteiger partial charge in [-0.2, -0.15) is 0 Å². The molecule has 0 spiro atoms. The molecule has 34 heavy (non-hydrogen) atoms. The maximum absolute atomic E-state index is 13.4. The molecule has 0 aliphatic rings. The fourth-order valence-electron chi connectivity index (χ4n) is 3.36. The van der Waals surface area contributed by atoms with E-state index in [-0.39, 0.29) is 18.1 Å². The van der Waals surface area contributed by atoms with Crippen molar-refractivity contribution >= 4 is 54.9 Å². The Morgan fingerprint density at radius 2 is 1.65 bits per heavy atom. The van der Waals surface area contributed by atoms with Crippen molar-refractivity contribution < 1.29 is 13.8 Å². The molecule has 0 aliphatic carbocycles. The Morgan fingerprint density at radius 1 is 0.971 bits per heavy atom. The number of amides is 1. The number of ketones is 1. The molecule has 1 atom stereocenters. The monoisotopic (exact) mass is 552 g/mol. The van der Waals surface area contributed by atoms with E-state index in [1.54, 1.807) is 18.2 Å². The lowest BCUT2D eigenvalue weighted by molar-refractivity contribution is -0.115. The molecule has 1 heterocycles. The largest absolute Gasteiger partial charge is 0.302 e. The number of nitrogens with zero attached hydrogens (tertiary/aromatic N) is 1. The highest BCUT2D eigenvalue weighted by Gasteiger charge is 2.23. The van der Waals surface area contributed by atoms with Gasteiger partial charge in [-0.25, -0.2) is 4.98 Å². The van der Waals surface area contributed by atoms with Gasteiger partial charge in [0, 0.05) is 26.2 Å². The number of hydrogen-bond donors (Lipinski definition) is 1. The Labute approximate surface area is 212 Å². The van der Waals surface area contributed by atoms with Crippen LogP contribution >= 0.6 is 27.3 Å². The van der Waals surface area contributed by atoms with Gasteiger partial charge in [-0.1, -0.05) is 88.8 Å². The van der Waals surface area contributed by atoms with E-state index in [4.69, 9.17) is 0 Å². The van der Waals surface area contributed by atoms with Crippen molar-refractivity contribution in [2.24, 2.45) is 0 Å². The van der Waals surface area contributed by atoms with Crippen LogP contribution in [0.5, 0.6) is 0 Å². The topological polar surface area (TPSA) is 76.1 Å². The van der Waals surface area contributed by atoms with Crippen LogP contribution < -0.4 is 5.32 Å². The van der Waals surface area contributed by atoms with Crippen molar-refractivity contribution in [3.63, 3.8) is 0 Å². The first-order valence-electron chi connectivity index (χ1n) is 10.6. The summed E-state index contributed by atoms with van der Waals surface area (Å²) < 4.78 is 12.6. The minimum Gasteiger partial charge on any atom is -0.302 e. The predicted octanol–water partition coefficient (Wildman–Crippen LogP) is 6.11. The number of carbonyl (C=O) groups is 2. The molecule has 0 radical (unpaired) electrons. The van der Waals surface area contributed by atoms with Gasteiger partial charge in [0.25, 0.3) is 0 Å². The van der Waals surface area contributed by atoms with Crippen LogP contribution in [0.3, 0.4) is 0 Å². The lowest BCUT2D eigenvalue weighted by atomic mass is 10.1. The summed E-state index contributed by atoms with van der Waals surface area (Å²) in [4.78, 5) is 31.9. The van der Waals surface area contributed by atoms with E-state index in [9.17, 15) is 13.8 Å². The Hall–Kier alpha value is -2.94. The molecule has 0 bridgehead atoms. The molecule has 4 aromatic rings. The molecule has 0 fully saturated rings. The van der Waals surface area contributed by atoms with Crippen molar-refractivity contribution in [2.75, 3.05) is 11.1 Å². The highest BCUT2D eigenvalue weighted by atomic mass is 79.9. The third-order valence-corrected chi connectivity index (χ3v) is 8.04. The van der Waals surface area contributed by atoms with E-state index in [0.29, 0.717) is 31.5 Å². The van der Waals surface area contributed by atoms with Crippen molar-refractivity contribution in [3.05, 3.63) is 99.3 Å². The zero-order valence-corrected chi connectivity index (χ0v) is 21.5. The summed E-state index contributed by atoms with van der Waals surface area (Å²) in [6.45, 7) is 1.87. The third kappa shape index (κ3) is 5.58. The van der Waals surface area contributed by atoms with Gasteiger partial charge in [-0.15, -0.1) is 0 Å². The number of rotatable bonds is 8. The van der Waals surface area contributed by atoms with Crippen LogP contribution in [0, 0.1) is 0 Å². The van der Waals surface area contributed by atoms with Gasteiger partial charge >= 0.3 is 0 Å². The van der Waals surface area contributed by atoms with E-state index in [1.807, 2.05) is 67.6 Å². The molecule has 172 valence electrons. The average Bonchev–Trinajstić information content (AvgIpc) is 3.28. The number of carbonyl (C=O) groups excluding carboxylic acids is 2. The first-order valence-corrected chi connectivity index (χ1v) is 13.5. The summed E-state index contributed by atoms with van der Waals surface area (Å²) >= 11 is 4.61. The highest BCUT2D eigenvalue weighted by Crippen LogP contribution is 2.34. The zero-order valence-electron chi connectivity index (χ0n) is 18.3. The van der Waals surface area contributed by atoms with Gasteiger partial charge in [0.1, 0.15) is 4.88 Å². The quantitative estimate of drug-likeness (QED) is 0.267. The maximum Gasteiger partial charge on any atom is 0.230 e. The normalized spacial score (nSPS) is 11.7. The van der Waals surface area contributed by atoms with E-state index in [1.165, 1.54) is 0 Å². The fourth-order valence-corrected chi connectivity index (χ4v) is 5.56. The lowest BCUT2D eigenvalue weighted by Gasteiger charge is -2.04. The van der Waals surface area contributed by atoms with Crippen molar-refractivity contribution in [3.8, 4) is 11.3 Å². The number of hydrogen-bond acceptors (Lipinski definition) is 5. The predicted molar refractivity (Wildman–Crippen MR) is 141 cm³/mol. The number of nitrogens with one attached hydrogen (secondary N) is 1. The van der Waals surface area contributed by atoms with E-state index >= 15 is 0 Å². The molecule has 4 rings (SSSR count). The van der Waals surface area contributed by atoms with E-state index in [2.05, 4.69) is 26.2 Å². The molecule has 5 nitrogen and oxygen atoms in total. The molecule has 1 N–H and O–H groups in total. The standard InChI is InChI=1S/C26H21BrN2O3S2/c1-2-34(32)19-14-12-17(13-15-19)16-22(30)28-26-29-23(18-8-4-3-5-9-18)25(33-26)24(31)20-10-6-7-11-21(20)27/h3-15H,2,16H2,1H3,(H,28,29,30). The fraction of sp³-hybridized carbons (Fsp3) is 0.115. The third-order valence-electron chi connectivity index (χ3n) is 5.06. The highest BCUT2D eigenvalue weighted by molar-refractivity contribution is 9.10. The average molecular weight is 554 g/mol. The summed E-state index contributed by atoms with van der Waals surface area (Å²) in [5.74, 6) is 0.148. The summed E-state index contributed by atoms with van der Waals surface area (Å²) in [5.41, 5.74) is 2.67. The molecule has 1 unspecified atom stereocenters. The molecule has 8 heteroatoms. The second kappa shape index (κ2) is 11.0. The molecule has 0 saturated carbocycles. The number of aromatic nitrogens is 1. The van der Waals surface area contributed by atoms with Crippen molar-refractivity contribution in [2.45, 2.75) is 18.2 Å². The van der Waals surface area contributed by atoms with Crippen molar-refractivity contribution in [1.82, 2.24) is 4.98 Å². The molecule has 0 saturated heterocycles. The molecule has 1 aromatic heterocycles. The van der Waals surface area contributed by atoms with Gasteiger partial charge in [-0.3, -0.25) is 13.8 Å². The lowest BCUT2D eigenvalue weighted by Crippen LogP contribution is -2.14. The summed E-state index contributed by atoms with van der Waals surface area (Å²) in [6.07, 6.45) is 0.146. The Balaban J connectivity index is 1.59. The molecular weight excluding hydrogens is 532 g/mol. The molecular formula is C26H21BrN2O3S2. The molecule has 3 aromatic carbocycles. The Bertz CT molecular complexity index is 1350. The van der Waals surface area contributed by atoms with E-state index < -0.39 is 10.8 Å². The van der Waals surface area contributed by atoms with Crippen molar-refractivity contribution in [1.29, 1.82) is 0 Å². The summed E-state index contributed by atoms with van der Waals surface area (Å²) in [5, 5.41) is 3.20. The van der Waals surface area contributed by atoms with Gasteiger partial charge in [0.2, 0.25) is 11.7 Å². The number of halogens is 1. The Morgan fingerprint density at radius 3 is 2.32 bits per heavy atom. The number of thiazole rings is 1. The second-order valence-electron chi connectivity index (χ2n) is 7.37. The second-order valence-corrected chi connectivity index (χ2v) is 11.0. The summed E-state index contributed by atoms with van der Waals surface area (Å²) in [6, 6.07) is 23.9. The Kier molecular flexibility index (Phi) is 7.82. The van der Waals surface area contributed by atoms with Crippen LogP contribution in [-0.2, 0) is 22.0 Å². The van der Waals surface area contributed by atoms with Crippen LogP contribution in [0.4, 0.5) is 5.13 Å². The first kappa shape index (κ1) is 24.2. The molecule has 1 amide bonds. The minimum atomic E-state index is -1.03. The van der Waals surface area contributed by atoms with Crippen LogP contribution in [0.15, 0.2) is 88.2 Å². The van der Waals surface area contributed by atoms with Gasteiger partial charge < -0.3 is 5.32 Å². The minimum absolute atomic E-state index is 0.146. The van der Waals surface area contributed by atoms with Crippen LogP contribution in [0.25, 0.3) is 11.3 Å². The SMILES string of the molecule is CCS(=O)c1ccc(CC(=O)Nc2nc(-c3ccccc3)c(C(=O)c3ccccc3Br)s2)cc1. The number of benzene rings is 3. The van der Waals surface area contributed by atoms with Crippen LogP contribution in [-0.4, -0.2) is 26.6 Å². The van der Waals surface area contributed by atoms with Gasteiger partial charge in [0.15, 0.2) is 5.13 Å². The van der Waals surface area contributed by atoms with Crippen LogP contribution in [0.1, 0.15) is 27.7 Å². The summed E-state index contributed by atoms with van der Waals surface area (Å²) in [7, 11) is -1.03. The van der Waals surface area contributed by atoms with Gasteiger partial charge in [-0.05, 0) is 29.8 Å². The van der Waals surface area contributed by atoms with Gasteiger partial charge in [0.05, 0.1) is 22.9 Å². The molecule has 0 aliphatic heterocycles. The maximum atomic E-state index is 13.4. The van der Waals surface area contributed by atoms with E-state index in [0.717, 1.165) is 27.4 Å². The van der Waals surface area contributed by atoms with Crippen LogP contribution in [0.2, 0.25) is 0 Å².